The van der Waals surface area contributed by atoms with Crippen molar-refractivity contribution in [3.63, 3.8) is 0 Å². The van der Waals surface area contributed by atoms with Gasteiger partial charge in [0.25, 0.3) is 5.56 Å². The molecule has 0 aliphatic rings. The third-order valence-corrected chi connectivity index (χ3v) is 4.04. The van der Waals surface area contributed by atoms with Crippen LogP contribution in [0.1, 0.15) is 5.69 Å². The number of thiocarbonyl (C=S) groups is 1. The Bertz CT molecular complexity index is 967. The minimum Gasteiger partial charge on any atom is -0.497 e. The van der Waals surface area contributed by atoms with E-state index in [4.69, 9.17) is 17.0 Å². The highest BCUT2D eigenvalue weighted by molar-refractivity contribution is 7.80. The van der Waals surface area contributed by atoms with Crippen molar-refractivity contribution in [3.05, 3.63) is 76.7 Å². The number of pyridine rings is 1. The molecule has 5 nitrogen and oxygen atoms in total. The number of hydrogen-bond donors (Lipinski definition) is 3. The van der Waals surface area contributed by atoms with E-state index in [-0.39, 0.29) is 5.56 Å². The van der Waals surface area contributed by atoms with Gasteiger partial charge < -0.3 is 20.4 Å². The van der Waals surface area contributed by atoms with Crippen LogP contribution in [0.3, 0.4) is 0 Å². The average Bonchev–Trinajstić information content (AvgIpc) is 2.65. The first-order chi connectivity index (χ1) is 12.6. The molecule has 1 aromatic heterocycles. The van der Waals surface area contributed by atoms with E-state index in [1.807, 2.05) is 67.6 Å². The van der Waals surface area contributed by atoms with Crippen molar-refractivity contribution >= 4 is 28.7 Å². The number of ether oxygens (including phenoxy) is 1. The molecule has 3 rings (SSSR count). The summed E-state index contributed by atoms with van der Waals surface area (Å²) >= 11 is 5.38. The molecule has 0 amide bonds. The van der Waals surface area contributed by atoms with Gasteiger partial charge in [-0.2, -0.15) is 0 Å². The van der Waals surface area contributed by atoms with Gasteiger partial charge in [-0.25, -0.2) is 0 Å². The summed E-state index contributed by atoms with van der Waals surface area (Å²) in [4.78, 5) is 15.3. The van der Waals surface area contributed by atoms with Gasteiger partial charge in [0.15, 0.2) is 5.11 Å². The van der Waals surface area contributed by atoms with Gasteiger partial charge >= 0.3 is 0 Å². The molecular formula is C20H19N3O2S. The Morgan fingerprint density at radius 2 is 1.73 bits per heavy atom. The lowest BCUT2D eigenvalue weighted by Gasteiger charge is -2.14. The number of benzene rings is 2. The van der Waals surface area contributed by atoms with Gasteiger partial charge in [-0.05, 0) is 55.0 Å². The number of rotatable bonds is 4. The van der Waals surface area contributed by atoms with E-state index in [1.54, 1.807) is 7.11 Å². The van der Waals surface area contributed by atoms with Gasteiger partial charge in [-0.3, -0.25) is 4.79 Å². The highest BCUT2D eigenvalue weighted by atomic mass is 32.1. The Morgan fingerprint density at radius 1 is 1.04 bits per heavy atom. The molecule has 0 fully saturated rings. The standard InChI is InChI=1S/C20H19N3O2S/c1-13-12-17(14-6-4-3-5-7-14)18(19(24)21-13)23-20(26)22-15-8-10-16(25-2)11-9-15/h3-12H,1-2H3,(H,21,24)(H2,22,23,26). The number of H-pyrrole nitrogens is 1. The number of aryl methyl sites for hydroxylation is 1. The van der Waals surface area contributed by atoms with Crippen LogP contribution in [0.2, 0.25) is 0 Å². The highest BCUT2D eigenvalue weighted by Gasteiger charge is 2.12. The maximum absolute atomic E-state index is 12.5. The van der Waals surface area contributed by atoms with Crippen LogP contribution in [-0.2, 0) is 0 Å². The molecule has 6 heteroatoms. The average molecular weight is 365 g/mol. The first-order valence-corrected chi connectivity index (χ1v) is 8.49. The van der Waals surface area contributed by atoms with Crippen molar-refractivity contribution in [1.29, 1.82) is 0 Å². The highest BCUT2D eigenvalue weighted by Crippen LogP contribution is 2.25. The number of methoxy groups -OCH3 is 1. The number of anilines is 2. The predicted octanol–water partition coefficient (Wildman–Crippen LogP) is 4.17. The van der Waals surface area contributed by atoms with Crippen LogP contribution < -0.4 is 20.9 Å². The van der Waals surface area contributed by atoms with Crippen molar-refractivity contribution < 1.29 is 4.74 Å². The van der Waals surface area contributed by atoms with Crippen LogP contribution in [-0.4, -0.2) is 17.2 Å². The molecule has 26 heavy (non-hydrogen) atoms. The Labute approximate surface area is 157 Å². The van der Waals surface area contributed by atoms with Gasteiger partial charge in [0.05, 0.1) is 7.11 Å². The number of nitrogens with one attached hydrogen (secondary N) is 3. The zero-order chi connectivity index (χ0) is 18.5. The third kappa shape index (κ3) is 4.10. The zero-order valence-electron chi connectivity index (χ0n) is 14.5. The second-order valence-corrected chi connectivity index (χ2v) is 6.15. The Morgan fingerprint density at radius 3 is 2.38 bits per heavy atom. The Kier molecular flexibility index (Phi) is 5.34. The summed E-state index contributed by atoms with van der Waals surface area (Å²) in [7, 11) is 1.61. The lowest BCUT2D eigenvalue weighted by atomic mass is 10.0. The van der Waals surface area contributed by atoms with Crippen molar-refractivity contribution in [2.75, 3.05) is 17.7 Å². The van der Waals surface area contributed by atoms with E-state index in [0.29, 0.717) is 10.8 Å². The van der Waals surface area contributed by atoms with Crippen molar-refractivity contribution in [2.45, 2.75) is 6.92 Å². The van der Waals surface area contributed by atoms with E-state index in [9.17, 15) is 4.79 Å². The van der Waals surface area contributed by atoms with Crippen molar-refractivity contribution in [3.8, 4) is 16.9 Å². The summed E-state index contributed by atoms with van der Waals surface area (Å²) in [5.41, 5.74) is 3.51. The molecule has 132 valence electrons. The molecular weight excluding hydrogens is 346 g/mol. The van der Waals surface area contributed by atoms with E-state index >= 15 is 0 Å². The normalized spacial score (nSPS) is 10.2. The third-order valence-electron chi connectivity index (χ3n) is 3.84. The predicted molar refractivity (Wildman–Crippen MR) is 110 cm³/mol. The second-order valence-electron chi connectivity index (χ2n) is 5.74. The van der Waals surface area contributed by atoms with Gasteiger partial charge in [-0.1, -0.05) is 30.3 Å². The SMILES string of the molecule is COc1ccc(NC(=S)Nc2c(-c3ccccc3)cc(C)[nH]c2=O)cc1. The van der Waals surface area contributed by atoms with Crippen molar-refractivity contribution in [2.24, 2.45) is 0 Å². The lowest BCUT2D eigenvalue weighted by Crippen LogP contribution is -2.25. The summed E-state index contributed by atoms with van der Waals surface area (Å²) < 4.78 is 5.14. The van der Waals surface area contributed by atoms with Crippen LogP contribution in [0, 0.1) is 6.92 Å². The number of aromatic nitrogens is 1. The zero-order valence-corrected chi connectivity index (χ0v) is 15.3. The monoisotopic (exact) mass is 365 g/mol. The van der Waals surface area contributed by atoms with E-state index in [1.165, 1.54) is 0 Å². The summed E-state index contributed by atoms with van der Waals surface area (Å²) in [6.07, 6.45) is 0. The smallest absolute Gasteiger partial charge is 0.272 e. The lowest BCUT2D eigenvalue weighted by molar-refractivity contribution is 0.415. The molecule has 0 spiro atoms. The largest absolute Gasteiger partial charge is 0.497 e. The van der Waals surface area contributed by atoms with Crippen LogP contribution in [0.25, 0.3) is 11.1 Å². The van der Waals surface area contributed by atoms with E-state index in [2.05, 4.69) is 15.6 Å². The summed E-state index contributed by atoms with van der Waals surface area (Å²) in [5, 5.41) is 6.44. The first-order valence-electron chi connectivity index (χ1n) is 8.08. The minimum atomic E-state index is -0.220. The summed E-state index contributed by atoms with van der Waals surface area (Å²) in [6, 6.07) is 19.0. The molecule has 3 aromatic rings. The molecule has 1 heterocycles. The first kappa shape index (κ1) is 17.7. The van der Waals surface area contributed by atoms with Crippen LogP contribution in [0.4, 0.5) is 11.4 Å². The maximum Gasteiger partial charge on any atom is 0.272 e. The quantitative estimate of drug-likeness (QED) is 0.606. The molecule has 0 atom stereocenters. The number of hydrogen-bond acceptors (Lipinski definition) is 3. The fraction of sp³-hybridized carbons (Fsp3) is 0.100. The second kappa shape index (κ2) is 7.84. The fourth-order valence-electron chi connectivity index (χ4n) is 2.61. The van der Waals surface area contributed by atoms with Gasteiger partial charge in [0.1, 0.15) is 11.4 Å². The topological polar surface area (TPSA) is 66.2 Å². The molecule has 0 radical (unpaired) electrons. The van der Waals surface area contributed by atoms with E-state index in [0.717, 1.165) is 28.3 Å². The summed E-state index contributed by atoms with van der Waals surface area (Å²) in [5.74, 6) is 0.760. The maximum atomic E-state index is 12.5. The molecule has 0 bridgehead atoms. The molecule has 0 unspecified atom stereocenters. The molecule has 0 aliphatic carbocycles. The Balaban J connectivity index is 1.86. The molecule has 3 N–H and O–H groups in total. The Hall–Kier alpha value is -3.12. The van der Waals surface area contributed by atoms with Crippen LogP contribution >= 0.6 is 12.2 Å². The fourth-order valence-corrected chi connectivity index (χ4v) is 2.83. The number of aromatic amines is 1. The van der Waals surface area contributed by atoms with Gasteiger partial charge in [0, 0.05) is 16.9 Å². The molecule has 0 aliphatic heterocycles. The molecule has 0 saturated heterocycles. The van der Waals surface area contributed by atoms with Crippen molar-refractivity contribution in [1.82, 2.24) is 4.98 Å². The van der Waals surface area contributed by atoms with Gasteiger partial charge in [-0.15, -0.1) is 0 Å². The van der Waals surface area contributed by atoms with Gasteiger partial charge in [0.2, 0.25) is 0 Å². The van der Waals surface area contributed by atoms with Crippen LogP contribution in [0.5, 0.6) is 5.75 Å². The van der Waals surface area contributed by atoms with E-state index < -0.39 is 0 Å². The molecule has 0 saturated carbocycles. The van der Waals surface area contributed by atoms with Crippen LogP contribution in [0.15, 0.2) is 65.5 Å². The summed E-state index contributed by atoms with van der Waals surface area (Å²) in [6.45, 7) is 1.85. The molecule has 2 aromatic carbocycles. The minimum absolute atomic E-state index is 0.220.